The Kier molecular flexibility index (Phi) is 2.97. The van der Waals surface area contributed by atoms with Crippen molar-refractivity contribution in [1.82, 2.24) is 14.8 Å². The van der Waals surface area contributed by atoms with E-state index in [1.165, 1.54) is 4.68 Å². The third-order valence-electron chi connectivity index (χ3n) is 3.19. The van der Waals surface area contributed by atoms with Gasteiger partial charge in [-0.25, -0.2) is 18.4 Å². The Hall–Kier alpha value is -1.56. The number of halogens is 3. The molecule has 19 heavy (non-hydrogen) atoms. The molecule has 0 N–H and O–H groups in total. The van der Waals surface area contributed by atoms with Crippen LogP contribution in [0.15, 0.2) is 40.7 Å². The van der Waals surface area contributed by atoms with Gasteiger partial charge in [0.2, 0.25) is 0 Å². The normalized spacial score (nSPS) is 20.0. The summed E-state index contributed by atoms with van der Waals surface area (Å²) in [4.78, 5) is 4.21. The summed E-state index contributed by atoms with van der Waals surface area (Å²) in [5.41, 5.74) is 0.900. The van der Waals surface area contributed by atoms with Crippen LogP contribution < -0.4 is 0 Å². The fourth-order valence-corrected chi connectivity index (χ4v) is 2.51. The van der Waals surface area contributed by atoms with E-state index in [0.717, 1.165) is 15.9 Å². The second-order valence-corrected chi connectivity index (χ2v) is 5.37. The van der Waals surface area contributed by atoms with Crippen LogP contribution >= 0.6 is 15.9 Å². The van der Waals surface area contributed by atoms with Gasteiger partial charge in [0.15, 0.2) is 5.65 Å². The number of aromatic nitrogens is 3. The van der Waals surface area contributed by atoms with Gasteiger partial charge >= 0.3 is 0 Å². The van der Waals surface area contributed by atoms with Crippen LogP contribution in [0.5, 0.6) is 0 Å². The highest BCUT2D eigenvalue weighted by Crippen LogP contribution is 2.34. The number of rotatable bonds is 1. The zero-order valence-electron chi connectivity index (χ0n) is 10.1. The Morgan fingerprint density at radius 2 is 2.21 bits per heavy atom. The number of allylic oxidation sites excluding steroid dienone is 4. The van der Waals surface area contributed by atoms with Crippen LogP contribution in [0.2, 0.25) is 0 Å². The lowest BCUT2D eigenvalue weighted by atomic mass is 9.98. The SMILES string of the molecule is CC1CC(n2ncc3c(Br)ccnc32)=C(F)C=C1F. The molecule has 0 saturated heterocycles. The Bertz CT molecular complexity index is 718. The Morgan fingerprint density at radius 3 is 3.00 bits per heavy atom. The van der Waals surface area contributed by atoms with E-state index in [0.29, 0.717) is 11.3 Å². The second-order valence-electron chi connectivity index (χ2n) is 4.52. The molecule has 0 radical (unpaired) electrons. The summed E-state index contributed by atoms with van der Waals surface area (Å²) in [6.07, 6.45) is 4.42. The van der Waals surface area contributed by atoms with E-state index in [1.807, 2.05) is 0 Å². The first kappa shape index (κ1) is 12.5. The molecule has 3 rings (SSSR count). The molecule has 0 fully saturated rings. The molecule has 2 aromatic rings. The van der Waals surface area contributed by atoms with Crippen molar-refractivity contribution in [2.75, 3.05) is 0 Å². The van der Waals surface area contributed by atoms with Crippen molar-refractivity contribution in [3.05, 3.63) is 40.7 Å². The Balaban J connectivity index is 2.21. The highest BCUT2D eigenvalue weighted by Gasteiger charge is 2.23. The van der Waals surface area contributed by atoms with Crippen LogP contribution in [0.1, 0.15) is 13.3 Å². The molecule has 0 aromatic carbocycles. The molecule has 0 spiro atoms. The quantitative estimate of drug-likeness (QED) is 0.785. The number of hydrogen-bond donors (Lipinski definition) is 0. The van der Waals surface area contributed by atoms with Gasteiger partial charge in [-0.1, -0.05) is 6.92 Å². The van der Waals surface area contributed by atoms with E-state index in [9.17, 15) is 8.78 Å². The van der Waals surface area contributed by atoms with Gasteiger partial charge in [0.05, 0.1) is 17.3 Å². The predicted octanol–water partition coefficient (Wildman–Crippen LogP) is 4.23. The van der Waals surface area contributed by atoms with E-state index < -0.39 is 11.7 Å². The summed E-state index contributed by atoms with van der Waals surface area (Å²) in [6, 6.07) is 1.79. The maximum Gasteiger partial charge on any atom is 0.163 e. The van der Waals surface area contributed by atoms with Crippen LogP contribution in [0, 0.1) is 5.92 Å². The monoisotopic (exact) mass is 325 g/mol. The van der Waals surface area contributed by atoms with Gasteiger partial charge in [0, 0.05) is 29.1 Å². The molecule has 98 valence electrons. The van der Waals surface area contributed by atoms with Crippen molar-refractivity contribution < 1.29 is 8.78 Å². The van der Waals surface area contributed by atoms with Crippen molar-refractivity contribution in [3.8, 4) is 0 Å². The molecule has 0 amide bonds. The molecule has 0 bridgehead atoms. The van der Waals surface area contributed by atoms with Gasteiger partial charge in [-0.15, -0.1) is 0 Å². The van der Waals surface area contributed by atoms with E-state index in [2.05, 4.69) is 26.0 Å². The molecule has 2 aromatic heterocycles. The van der Waals surface area contributed by atoms with Gasteiger partial charge in [-0.2, -0.15) is 5.10 Å². The Morgan fingerprint density at radius 1 is 1.42 bits per heavy atom. The zero-order chi connectivity index (χ0) is 13.6. The van der Waals surface area contributed by atoms with Gasteiger partial charge in [0.25, 0.3) is 0 Å². The molecular formula is C13H10BrF2N3. The molecule has 1 aliphatic rings. The lowest BCUT2D eigenvalue weighted by molar-refractivity contribution is 0.472. The summed E-state index contributed by atoms with van der Waals surface area (Å²) in [6.45, 7) is 1.72. The summed E-state index contributed by atoms with van der Waals surface area (Å²) in [5.74, 6) is -1.38. The largest absolute Gasteiger partial charge is 0.236 e. The van der Waals surface area contributed by atoms with Crippen LogP contribution in [0.4, 0.5) is 8.78 Å². The standard InChI is InChI=1S/C13H10BrF2N3/c1-7-4-12(11(16)5-10(7)15)19-13-8(6-18-19)9(14)2-3-17-13/h2-3,5-7H,4H2,1H3. The van der Waals surface area contributed by atoms with E-state index >= 15 is 0 Å². The zero-order valence-corrected chi connectivity index (χ0v) is 11.7. The van der Waals surface area contributed by atoms with Crippen LogP contribution in [-0.2, 0) is 0 Å². The number of fused-ring (bicyclic) bond motifs is 1. The highest BCUT2D eigenvalue weighted by atomic mass is 79.9. The average molecular weight is 326 g/mol. The molecule has 1 unspecified atom stereocenters. The lowest BCUT2D eigenvalue weighted by Crippen LogP contribution is -2.10. The maximum absolute atomic E-state index is 13.9. The molecule has 3 nitrogen and oxygen atoms in total. The molecule has 0 saturated carbocycles. The molecule has 1 atom stereocenters. The first-order valence-corrected chi connectivity index (χ1v) is 6.61. The van der Waals surface area contributed by atoms with Crippen molar-refractivity contribution in [1.29, 1.82) is 0 Å². The minimum atomic E-state index is -0.595. The maximum atomic E-state index is 13.9. The fraction of sp³-hybridized carbons (Fsp3) is 0.231. The summed E-state index contributed by atoms with van der Waals surface area (Å²) >= 11 is 3.40. The third kappa shape index (κ3) is 2.00. The molecule has 1 aliphatic carbocycles. The molecule has 6 heteroatoms. The van der Waals surface area contributed by atoms with Crippen LogP contribution in [0.3, 0.4) is 0 Å². The number of nitrogens with zero attached hydrogens (tertiary/aromatic N) is 3. The van der Waals surface area contributed by atoms with Crippen molar-refractivity contribution in [2.45, 2.75) is 13.3 Å². The van der Waals surface area contributed by atoms with Gasteiger partial charge < -0.3 is 0 Å². The molecule has 0 aliphatic heterocycles. The smallest absolute Gasteiger partial charge is 0.163 e. The highest BCUT2D eigenvalue weighted by molar-refractivity contribution is 9.10. The fourth-order valence-electron chi connectivity index (χ4n) is 2.11. The summed E-state index contributed by atoms with van der Waals surface area (Å²) in [5, 5.41) is 4.96. The van der Waals surface area contributed by atoms with Gasteiger partial charge in [-0.05, 0) is 22.0 Å². The summed E-state index contributed by atoms with van der Waals surface area (Å²) in [7, 11) is 0. The number of hydrogen-bond acceptors (Lipinski definition) is 2. The minimum Gasteiger partial charge on any atom is -0.236 e. The summed E-state index contributed by atoms with van der Waals surface area (Å²) < 4.78 is 29.6. The van der Waals surface area contributed by atoms with Gasteiger partial charge in [0.1, 0.15) is 11.7 Å². The Labute approximate surface area is 116 Å². The number of pyridine rings is 1. The average Bonchev–Trinajstić information content (AvgIpc) is 2.79. The topological polar surface area (TPSA) is 30.7 Å². The van der Waals surface area contributed by atoms with E-state index in [-0.39, 0.29) is 12.3 Å². The first-order chi connectivity index (χ1) is 9.08. The van der Waals surface area contributed by atoms with E-state index in [1.54, 1.807) is 25.4 Å². The molecule has 2 heterocycles. The van der Waals surface area contributed by atoms with Gasteiger partial charge in [-0.3, -0.25) is 0 Å². The molecular weight excluding hydrogens is 316 g/mol. The van der Waals surface area contributed by atoms with E-state index in [4.69, 9.17) is 0 Å². The lowest BCUT2D eigenvalue weighted by Gasteiger charge is -2.18. The van der Waals surface area contributed by atoms with Crippen LogP contribution in [0.25, 0.3) is 16.7 Å². The van der Waals surface area contributed by atoms with Crippen molar-refractivity contribution in [2.24, 2.45) is 5.92 Å². The van der Waals surface area contributed by atoms with Crippen molar-refractivity contribution in [3.63, 3.8) is 0 Å². The minimum absolute atomic E-state index is 0.263. The third-order valence-corrected chi connectivity index (χ3v) is 3.88. The van der Waals surface area contributed by atoms with Crippen LogP contribution in [-0.4, -0.2) is 14.8 Å². The first-order valence-electron chi connectivity index (χ1n) is 5.82. The second kappa shape index (κ2) is 4.52. The van der Waals surface area contributed by atoms with Crippen molar-refractivity contribution >= 4 is 32.7 Å². The predicted molar refractivity (Wildman–Crippen MR) is 72.5 cm³/mol.